The summed E-state index contributed by atoms with van der Waals surface area (Å²) in [7, 11) is 0. The quantitative estimate of drug-likeness (QED) is 0.894. The van der Waals surface area contributed by atoms with Crippen molar-refractivity contribution in [2.75, 3.05) is 5.32 Å². The summed E-state index contributed by atoms with van der Waals surface area (Å²) < 4.78 is 1.85. The lowest BCUT2D eigenvalue weighted by molar-refractivity contribution is -0.138. The van der Waals surface area contributed by atoms with E-state index in [-0.39, 0.29) is 6.42 Å². The van der Waals surface area contributed by atoms with Gasteiger partial charge in [-0.3, -0.25) is 9.20 Å². The molecule has 0 amide bonds. The molecule has 7 heteroatoms. The summed E-state index contributed by atoms with van der Waals surface area (Å²) in [5.41, 5.74) is 0.212. The van der Waals surface area contributed by atoms with E-state index in [1.54, 1.807) is 12.4 Å². The molecule has 1 aliphatic rings. The number of nitrogens with one attached hydrogen (secondary N) is 1. The number of aryl methyl sites for hydroxylation is 1. The summed E-state index contributed by atoms with van der Waals surface area (Å²) in [6, 6.07) is 0. The van der Waals surface area contributed by atoms with Crippen LogP contribution in [-0.4, -0.2) is 36.2 Å². The number of carboxylic acid groups (broad SMARTS) is 1. The fourth-order valence-electron chi connectivity index (χ4n) is 3.14. The second kappa shape index (κ2) is 5.31. The van der Waals surface area contributed by atoms with Gasteiger partial charge in [0.05, 0.1) is 6.42 Å². The van der Waals surface area contributed by atoms with Crippen molar-refractivity contribution in [2.24, 2.45) is 0 Å². The van der Waals surface area contributed by atoms with Crippen LogP contribution in [0, 0.1) is 6.92 Å². The lowest BCUT2D eigenvalue weighted by Crippen LogP contribution is -2.42. The Morgan fingerprint density at radius 2 is 2.14 bits per heavy atom. The van der Waals surface area contributed by atoms with E-state index in [4.69, 9.17) is 0 Å². The molecule has 3 rings (SSSR count). The number of anilines is 1. The molecule has 1 saturated carbocycles. The van der Waals surface area contributed by atoms with Crippen molar-refractivity contribution >= 4 is 17.4 Å². The van der Waals surface area contributed by atoms with Gasteiger partial charge in [0.1, 0.15) is 5.82 Å². The Morgan fingerprint density at radius 3 is 2.86 bits per heavy atom. The number of hydrogen-bond acceptors (Lipinski definition) is 5. The topological polar surface area (TPSA) is 92.4 Å². The minimum Gasteiger partial charge on any atom is -0.481 e. The Balaban J connectivity index is 1.95. The first-order chi connectivity index (χ1) is 10.1. The van der Waals surface area contributed by atoms with Crippen LogP contribution in [0.3, 0.4) is 0 Å². The molecular formula is C14H19N5O2. The first-order valence-corrected chi connectivity index (χ1v) is 7.26. The predicted octanol–water partition coefficient (Wildman–Crippen LogP) is 2.02. The lowest BCUT2D eigenvalue weighted by atomic mass is 9.79. The molecule has 0 aromatic carbocycles. The Kier molecular flexibility index (Phi) is 3.48. The Hall–Kier alpha value is -2.18. The van der Waals surface area contributed by atoms with Crippen molar-refractivity contribution in [1.82, 2.24) is 19.6 Å². The third kappa shape index (κ3) is 2.68. The first-order valence-electron chi connectivity index (χ1n) is 7.26. The van der Waals surface area contributed by atoms with Crippen molar-refractivity contribution in [2.45, 2.75) is 51.0 Å². The van der Waals surface area contributed by atoms with E-state index >= 15 is 0 Å². The fourth-order valence-corrected chi connectivity index (χ4v) is 3.14. The van der Waals surface area contributed by atoms with Gasteiger partial charge < -0.3 is 10.4 Å². The highest BCUT2D eigenvalue weighted by molar-refractivity contribution is 5.71. The monoisotopic (exact) mass is 289 g/mol. The normalized spacial score (nSPS) is 17.8. The summed E-state index contributed by atoms with van der Waals surface area (Å²) >= 11 is 0. The van der Waals surface area contributed by atoms with Gasteiger partial charge in [-0.25, -0.2) is 4.98 Å². The van der Waals surface area contributed by atoms with Gasteiger partial charge >= 0.3 is 5.97 Å². The van der Waals surface area contributed by atoms with Crippen molar-refractivity contribution in [3.05, 3.63) is 18.2 Å². The molecule has 0 saturated heterocycles. The zero-order valence-electron chi connectivity index (χ0n) is 12.0. The van der Waals surface area contributed by atoms with E-state index in [2.05, 4.69) is 20.5 Å². The van der Waals surface area contributed by atoms with Crippen LogP contribution in [0.15, 0.2) is 12.4 Å². The van der Waals surface area contributed by atoms with Gasteiger partial charge in [0.15, 0.2) is 5.82 Å². The third-order valence-electron chi connectivity index (χ3n) is 4.18. The van der Waals surface area contributed by atoms with Gasteiger partial charge in [0.2, 0.25) is 5.65 Å². The van der Waals surface area contributed by atoms with Crippen LogP contribution in [0.4, 0.5) is 5.82 Å². The van der Waals surface area contributed by atoms with Crippen molar-refractivity contribution in [3.8, 4) is 0 Å². The zero-order valence-corrected chi connectivity index (χ0v) is 12.0. The molecule has 0 bridgehead atoms. The maximum Gasteiger partial charge on any atom is 0.305 e. The van der Waals surface area contributed by atoms with Gasteiger partial charge in [-0.05, 0) is 19.8 Å². The molecule has 0 spiro atoms. The highest BCUT2D eigenvalue weighted by Gasteiger charge is 2.35. The average molecular weight is 289 g/mol. The van der Waals surface area contributed by atoms with Gasteiger partial charge in [0.25, 0.3) is 0 Å². The van der Waals surface area contributed by atoms with Crippen molar-refractivity contribution < 1.29 is 9.90 Å². The average Bonchev–Trinajstić information content (AvgIpc) is 2.82. The third-order valence-corrected chi connectivity index (χ3v) is 4.18. The van der Waals surface area contributed by atoms with Gasteiger partial charge in [-0.2, -0.15) is 0 Å². The molecule has 1 fully saturated rings. The lowest BCUT2D eigenvalue weighted by Gasteiger charge is -2.37. The molecule has 0 aliphatic heterocycles. The van der Waals surface area contributed by atoms with E-state index in [0.717, 1.165) is 37.9 Å². The van der Waals surface area contributed by atoms with Crippen LogP contribution >= 0.6 is 0 Å². The first kappa shape index (κ1) is 13.8. The van der Waals surface area contributed by atoms with Crippen molar-refractivity contribution in [1.29, 1.82) is 0 Å². The molecule has 2 aromatic heterocycles. The van der Waals surface area contributed by atoms with Crippen LogP contribution in [0.25, 0.3) is 5.65 Å². The summed E-state index contributed by atoms with van der Waals surface area (Å²) in [6.45, 7) is 1.87. The number of rotatable bonds is 4. The van der Waals surface area contributed by atoms with Crippen LogP contribution in [0.5, 0.6) is 0 Å². The van der Waals surface area contributed by atoms with E-state index in [1.165, 1.54) is 0 Å². The summed E-state index contributed by atoms with van der Waals surface area (Å²) in [5, 5.41) is 20.8. The zero-order chi connectivity index (χ0) is 14.9. The van der Waals surface area contributed by atoms with Gasteiger partial charge in [0, 0.05) is 17.9 Å². The fraction of sp³-hybridized carbons (Fsp3) is 0.571. The molecule has 21 heavy (non-hydrogen) atoms. The second-order valence-electron chi connectivity index (χ2n) is 5.75. The minimum atomic E-state index is -0.783. The summed E-state index contributed by atoms with van der Waals surface area (Å²) in [5.74, 6) is 0.613. The molecule has 0 unspecified atom stereocenters. The summed E-state index contributed by atoms with van der Waals surface area (Å²) in [6.07, 6.45) is 8.51. The van der Waals surface area contributed by atoms with Gasteiger partial charge in [-0.15, -0.1) is 10.2 Å². The van der Waals surface area contributed by atoms with E-state index in [1.807, 2.05) is 11.3 Å². The molecule has 2 N–H and O–H groups in total. The molecule has 1 aliphatic carbocycles. The standard InChI is InChI=1S/C14H19N5O2/c1-10-17-18-13-12(15-7-8-19(10)13)16-14(9-11(20)21)5-3-2-4-6-14/h7-8H,2-6,9H2,1H3,(H,15,16)(H,20,21). The number of carbonyl (C=O) groups is 1. The van der Waals surface area contributed by atoms with E-state index in [0.29, 0.717) is 11.5 Å². The maximum atomic E-state index is 11.2. The highest BCUT2D eigenvalue weighted by atomic mass is 16.4. The smallest absolute Gasteiger partial charge is 0.305 e. The molecular weight excluding hydrogens is 270 g/mol. The molecule has 2 aromatic rings. The second-order valence-corrected chi connectivity index (χ2v) is 5.75. The predicted molar refractivity (Wildman–Crippen MR) is 77.2 cm³/mol. The van der Waals surface area contributed by atoms with Crippen LogP contribution in [-0.2, 0) is 4.79 Å². The Labute approximate surface area is 122 Å². The Bertz CT molecular complexity index is 660. The van der Waals surface area contributed by atoms with Crippen LogP contribution in [0.1, 0.15) is 44.3 Å². The van der Waals surface area contributed by atoms with Crippen molar-refractivity contribution in [3.63, 3.8) is 0 Å². The molecule has 2 heterocycles. The highest BCUT2D eigenvalue weighted by Crippen LogP contribution is 2.34. The van der Waals surface area contributed by atoms with E-state index in [9.17, 15) is 9.90 Å². The number of aliphatic carboxylic acids is 1. The van der Waals surface area contributed by atoms with E-state index < -0.39 is 11.5 Å². The molecule has 0 radical (unpaired) electrons. The number of fused-ring (bicyclic) bond motifs is 1. The SMILES string of the molecule is Cc1nnc2c(NC3(CC(=O)O)CCCCC3)nccn12. The Morgan fingerprint density at radius 1 is 1.38 bits per heavy atom. The number of carboxylic acids is 1. The summed E-state index contributed by atoms with van der Waals surface area (Å²) in [4.78, 5) is 15.6. The van der Waals surface area contributed by atoms with Crippen LogP contribution in [0.2, 0.25) is 0 Å². The number of hydrogen-bond donors (Lipinski definition) is 2. The number of aromatic nitrogens is 4. The molecule has 0 atom stereocenters. The van der Waals surface area contributed by atoms with Crippen LogP contribution < -0.4 is 5.32 Å². The largest absolute Gasteiger partial charge is 0.481 e. The van der Waals surface area contributed by atoms with Gasteiger partial charge in [-0.1, -0.05) is 19.3 Å². The minimum absolute atomic E-state index is 0.100. The molecule has 7 nitrogen and oxygen atoms in total. The molecule has 112 valence electrons. The number of nitrogens with zero attached hydrogens (tertiary/aromatic N) is 4. The maximum absolute atomic E-state index is 11.2.